The zero-order valence-electron chi connectivity index (χ0n) is 9.63. The Balaban J connectivity index is 2.44. The molecule has 0 fully saturated rings. The van der Waals surface area contributed by atoms with Gasteiger partial charge < -0.3 is 15.4 Å². The van der Waals surface area contributed by atoms with Crippen molar-refractivity contribution in [1.29, 1.82) is 0 Å². The van der Waals surface area contributed by atoms with Gasteiger partial charge in [0.25, 0.3) is 0 Å². The monoisotopic (exact) mass is 290 g/mol. The van der Waals surface area contributed by atoms with Crippen LogP contribution in [0.2, 0.25) is 5.02 Å². The summed E-state index contributed by atoms with van der Waals surface area (Å²) in [4.78, 5) is 11.1. The number of rotatable bonds is 4. The van der Waals surface area contributed by atoms with Crippen molar-refractivity contribution in [2.75, 3.05) is 18.5 Å². The fourth-order valence-electron chi connectivity index (χ4n) is 1.11. The summed E-state index contributed by atoms with van der Waals surface area (Å²) >= 11 is 10.6. The Morgan fingerprint density at radius 2 is 2.28 bits per heavy atom. The number of hydrogen-bond donors (Lipinski definition) is 2. The Bertz CT molecular complexity index is 457. The van der Waals surface area contributed by atoms with Crippen LogP contribution in [-0.4, -0.2) is 24.2 Å². The van der Waals surface area contributed by atoms with Gasteiger partial charge in [-0.3, -0.25) is 4.79 Å². The molecule has 0 spiro atoms. The largest absolute Gasteiger partial charge is 0.465 e. The van der Waals surface area contributed by atoms with Crippen molar-refractivity contribution in [3.05, 3.63) is 29.0 Å². The third-order valence-electron chi connectivity index (χ3n) is 1.88. The first kappa shape index (κ1) is 14.7. The number of halogens is 2. The van der Waals surface area contributed by atoms with Gasteiger partial charge in [-0.25, -0.2) is 4.39 Å². The van der Waals surface area contributed by atoms with Crippen molar-refractivity contribution < 1.29 is 13.9 Å². The first-order chi connectivity index (χ1) is 8.52. The molecule has 0 aliphatic rings. The molecule has 0 aliphatic carbocycles. The highest BCUT2D eigenvalue weighted by Gasteiger charge is 2.05. The second kappa shape index (κ2) is 7.13. The number of thiocarbonyl (C=S) groups is 1. The molecule has 1 aromatic carbocycles. The van der Waals surface area contributed by atoms with Gasteiger partial charge in [0.2, 0.25) is 0 Å². The Kier molecular flexibility index (Phi) is 5.80. The van der Waals surface area contributed by atoms with E-state index in [9.17, 15) is 9.18 Å². The molecular formula is C11H12ClFN2O2S. The third-order valence-corrected chi connectivity index (χ3v) is 2.41. The highest BCUT2D eigenvalue weighted by Crippen LogP contribution is 2.19. The summed E-state index contributed by atoms with van der Waals surface area (Å²) in [6.45, 7) is 2.00. The average molecular weight is 291 g/mol. The van der Waals surface area contributed by atoms with E-state index >= 15 is 0 Å². The van der Waals surface area contributed by atoms with Gasteiger partial charge in [-0.05, 0) is 37.3 Å². The van der Waals surface area contributed by atoms with Crippen LogP contribution in [-0.2, 0) is 9.53 Å². The number of carbonyl (C=O) groups is 1. The summed E-state index contributed by atoms with van der Waals surface area (Å²) in [6.07, 6.45) is 0. The number of carbonyl (C=O) groups excluding carboxylic acids is 1. The molecule has 1 rings (SSSR count). The van der Waals surface area contributed by atoms with E-state index in [0.717, 1.165) is 0 Å². The summed E-state index contributed by atoms with van der Waals surface area (Å²) in [6, 6.07) is 4.10. The van der Waals surface area contributed by atoms with E-state index in [1.807, 2.05) is 0 Å². The molecule has 7 heteroatoms. The van der Waals surface area contributed by atoms with E-state index in [-0.39, 0.29) is 16.7 Å². The number of anilines is 1. The van der Waals surface area contributed by atoms with E-state index in [2.05, 4.69) is 10.6 Å². The molecule has 0 bridgehead atoms. The summed E-state index contributed by atoms with van der Waals surface area (Å²) in [5, 5.41) is 5.65. The molecule has 0 atom stereocenters. The van der Waals surface area contributed by atoms with Crippen LogP contribution in [0.5, 0.6) is 0 Å². The Morgan fingerprint density at radius 3 is 2.89 bits per heavy atom. The summed E-state index contributed by atoms with van der Waals surface area (Å²) in [5.74, 6) is -0.911. The molecule has 1 aromatic rings. The van der Waals surface area contributed by atoms with Crippen molar-refractivity contribution in [2.24, 2.45) is 0 Å². The first-order valence-electron chi connectivity index (χ1n) is 5.18. The van der Waals surface area contributed by atoms with Crippen LogP contribution in [0, 0.1) is 5.82 Å². The molecule has 0 unspecified atom stereocenters. The lowest BCUT2D eigenvalue weighted by atomic mass is 10.3. The van der Waals surface area contributed by atoms with Crippen molar-refractivity contribution in [3.8, 4) is 0 Å². The molecule has 0 aliphatic heterocycles. The second-order valence-corrected chi connectivity index (χ2v) is 4.06. The number of hydrogen-bond acceptors (Lipinski definition) is 3. The van der Waals surface area contributed by atoms with Crippen LogP contribution in [0.25, 0.3) is 0 Å². The van der Waals surface area contributed by atoms with Crippen LogP contribution in [0.4, 0.5) is 10.1 Å². The minimum atomic E-state index is -0.507. The topological polar surface area (TPSA) is 50.4 Å². The lowest BCUT2D eigenvalue weighted by Crippen LogP contribution is -2.33. The molecule has 18 heavy (non-hydrogen) atoms. The van der Waals surface area contributed by atoms with Crippen molar-refractivity contribution >= 4 is 40.6 Å². The van der Waals surface area contributed by atoms with Crippen LogP contribution in [0.1, 0.15) is 6.92 Å². The summed E-state index contributed by atoms with van der Waals surface area (Å²) in [7, 11) is 0. The maximum Gasteiger partial charge on any atom is 0.325 e. The molecule has 0 saturated carbocycles. The molecular weight excluding hydrogens is 279 g/mol. The highest BCUT2D eigenvalue weighted by atomic mass is 35.5. The van der Waals surface area contributed by atoms with Crippen molar-refractivity contribution in [1.82, 2.24) is 5.32 Å². The SMILES string of the molecule is CCOC(=O)CNC(=S)Nc1ccc(F)c(Cl)c1. The van der Waals surface area contributed by atoms with E-state index in [1.165, 1.54) is 18.2 Å². The number of benzene rings is 1. The smallest absolute Gasteiger partial charge is 0.325 e. The number of esters is 1. The fourth-order valence-corrected chi connectivity index (χ4v) is 1.48. The van der Waals surface area contributed by atoms with Gasteiger partial charge in [-0.2, -0.15) is 0 Å². The Hall–Kier alpha value is -1.40. The lowest BCUT2D eigenvalue weighted by molar-refractivity contribution is -0.141. The van der Waals surface area contributed by atoms with Gasteiger partial charge in [0.1, 0.15) is 12.4 Å². The minimum Gasteiger partial charge on any atom is -0.465 e. The van der Waals surface area contributed by atoms with E-state index < -0.39 is 11.8 Å². The predicted molar refractivity (Wildman–Crippen MR) is 72.3 cm³/mol. The van der Waals surface area contributed by atoms with Gasteiger partial charge in [-0.1, -0.05) is 11.6 Å². The molecule has 0 saturated heterocycles. The third kappa shape index (κ3) is 4.85. The summed E-state index contributed by atoms with van der Waals surface area (Å²) in [5.41, 5.74) is 0.530. The molecule has 4 nitrogen and oxygen atoms in total. The number of ether oxygens (including phenoxy) is 1. The Morgan fingerprint density at radius 1 is 1.56 bits per heavy atom. The molecule has 0 radical (unpaired) electrons. The molecule has 98 valence electrons. The van der Waals surface area contributed by atoms with Gasteiger partial charge in [0.15, 0.2) is 5.11 Å². The molecule has 0 aromatic heterocycles. The van der Waals surface area contributed by atoms with Crippen LogP contribution in [0.3, 0.4) is 0 Å². The number of nitrogens with one attached hydrogen (secondary N) is 2. The lowest BCUT2D eigenvalue weighted by Gasteiger charge is -2.10. The van der Waals surface area contributed by atoms with Gasteiger partial charge in [0.05, 0.1) is 11.6 Å². The van der Waals surface area contributed by atoms with E-state index in [1.54, 1.807) is 6.92 Å². The van der Waals surface area contributed by atoms with E-state index in [0.29, 0.717) is 12.3 Å². The van der Waals surface area contributed by atoms with Gasteiger partial charge in [0, 0.05) is 5.69 Å². The standard InChI is InChI=1S/C11H12ClFN2O2S/c1-2-17-10(16)6-14-11(18)15-7-3-4-9(13)8(12)5-7/h3-5H,2,6H2,1H3,(H2,14,15,18). The molecule has 0 amide bonds. The Labute approximate surface area is 114 Å². The highest BCUT2D eigenvalue weighted by molar-refractivity contribution is 7.80. The zero-order chi connectivity index (χ0) is 13.5. The minimum absolute atomic E-state index is 0.00630. The second-order valence-electron chi connectivity index (χ2n) is 3.24. The maximum atomic E-state index is 12.9. The first-order valence-corrected chi connectivity index (χ1v) is 5.97. The maximum absolute atomic E-state index is 12.9. The van der Waals surface area contributed by atoms with Crippen LogP contribution in [0.15, 0.2) is 18.2 Å². The zero-order valence-corrected chi connectivity index (χ0v) is 11.2. The van der Waals surface area contributed by atoms with Crippen LogP contribution >= 0.6 is 23.8 Å². The molecule has 2 N–H and O–H groups in total. The van der Waals surface area contributed by atoms with Crippen molar-refractivity contribution in [2.45, 2.75) is 6.92 Å². The van der Waals surface area contributed by atoms with Gasteiger partial charge >= 0.3 is 5.97 Å². The average Bonchev–Trinajstić information content (AvgIpc) is 2.32. The fraction of sp³-hybridized carbons (Fsp3) is 0.273. The van der Waals surface area contributed by atoms with Crippen LogP contribution < -0.4 is 10.6 Å². The molecule has 0 heterocycles. The quantitative estimate of drug-likeness (QED) is 0.658. The van der Waals surface area contributed by atoms with Gasteiger partial charge in [-0.15, -0.1) is 0 Å². The normalized spacial score (nSPS) is 9.72. The predicted octanol–water partition coefficient (Wildman–Crippen LogP) is 2.33. The van der Waals surface area contributed by atoms with Crippen molar-refractivity contribution in [3.63, 3.8) is 0 Å². The summed E-state index contributed by atoms with van der Waals surface area (Å²) < 4.78 is 17.6. The van der Waals surface area contributed by atoms with E-state index in [4.69, 9.17) is 28.6 Å².